The van der Waals surface area contributed by atoms with Crippen molar-refractivity contribution in [2.45, 2.75) is 20.3 Å². The molecule has 2 aromatic carbocycles. The zero-order valence-corrected chi connectivity index (χ0v) is 13.3. The van der Waals surface area contributed by atoms with Crippen LogP contribution in [0.4, 0.5) is 5.69 Å². The van der Waals surface area contributed by atoms with E-state index in [0.29, 0.717) is 11.4 Å². The molecule has 1 amide bonds. The SMILES string of the molecule is Cc1cccc(C)c1NC(=O)Cc1c[nH]c2cc(Cl)ccc12. The second kappa shape index (κ2) is 5.85. The molecule has 0 fully saturated rings. The molecule has 22 heavy (non-hydrogen) atoms. The molecule has 0 aliphatic carbocycles. The standard InChI is InChI=1S/C18H17ClN2O/c1-11-4-3-5-12(2)18(11)21-17(22)8-13-10-20-16-9-14(19)6-7-15(13)16/h3-7,9-10,20H,8H2,1-2H3,(H,21,22). The lowest BCUT2D eigenvalue weighted by molar-refractivity contribution is -0.115. The lowest BCUT2D eigenvalue weighted by Crippen LogP contribution is -2.15. The second-order valence-corrected chi connectivity index (χ2v) is 5.93. The Morgan fingerprint density at radius 1 is 1.18 bits per heavy atom. The smallest absolute Gasteiger partial charge is 0.228 e. The van der Waals surface area contributed by atoms with Crippen molar-refractivity contribution in [3.05, 3.63) is 64.3 Å². The monoisotopic (exact) mass is 312 g/mol. The first kappa shape index (κ1) is 14.7. The quantitative estimate of drug-likeness (QED) is 0.728. The normalized spacial score (nSPS) is 10.9. The van der Waals surface area contributed by atoms with E-state index in [1.165, 1.54) is 0 Å². The van der Waals surface area contributed by atoms with Crippen LogP contribution in [0.3, 0.4) is 0 Å². The first-order valence-electron chi connectivity index (χ1n) is 7.16. The summed E-state index contributed by atoms with van der Waals surface area (Å²) in [5.74, 6) is -0.0201. The molecule has 2 N–H and O–H groups in total. The summed E-state index contributed by atoms with van der Waals surface area (Å²) < 4.78 is 0. The predicted octanol–water partition coefficient (Wildman–Crippen LogP) is 4.62. The fourth-order valence-electron chi connectivity index (χ4n) is 2.67. The third-order valence-electron chi connectivity index (χ3n) is 3.83. The molecule has 0 saturated heterocycles. The Morgan fingerprint density at radius 3 is 2.64 bits per heavy atom. The summed E-state index contributed by atoms with van der Waals surface area (Å²) in [4.78, 5) is 15.5. The molecule has 3 aromatic rings. The predicted molar refractivity (Wildman–Crippen MR) is 91.6 cm³/mol. The van der Waals surface area contributed by atoms with Crippen LogP contribution in [0.25, 0.3) is 10.9 Å². The van der Waals surface area contributed by atoms with Gasteiger partial charge < -0.3 is 10.3 Å². The summed E-state index contributed by atoms with van der Waals surface area (Å²) in [5.41, 5.74) is 4.95. The maximum atomic E-state index is 12.3. The van der Waals surface area contributed by atoms with Gasteiger partial charge in [0.15, 0.2) is 0 Å². The number of benzene rings is 2. The topological polar surface area (TPSA) is 44.9 Å². The maximum absolute atomic E-state index is 12.3. The summed E-state index contributed by atoms with van der Waals surface area (Å²) in [5, 5.41) is 4.72. The highest BCUT2D eigenvalue weighted by Crippen LogP contribution is 2.24. The summed E-state index contributed by atoms with van der Waals surface area (Å²) in [7, 11) is 0. The van der Waals surface area contributed by atoms with Crippen LogP contribution < -0.4 is 5.32 Å². The molecule has 0 spiro atoms. The molecule has 1 heterocycles. The maximum Gasteiger partial charge on any atom is 0.228 e. The Kier molecular flexibility index (Phi) is 3.90. The number of rotatable bonds is 3. The fourth-order valence-corrected chi connectivity index (χ4v) is 2.85. The van der Waals surface area contributed by atoms with Gasteiger partial charge in [-0.3, -0.25) is 4.79 Å². The van der Waals surface area contributed by atoms with E-state index in [-0.39, 0.29) is 5.91 Å². The fraction of sp³-hybridized carbons (Fsp3) is 0.167. The van der Waals surface area contributed by atoms with E-state index in [1.807, 2.05) is 56.4 Å². The van der Waals surface area contributed by atoms with Crippen molar-refractivity contribution in [2.24, 2.45) is 0 Å². The third-order valence-corrected chi connectivity index (χ3v) is 4.06. The van der Waals surface area contributed by atoms with Crippen LogP contribution in [0.15, 0.2) is 42.6 Å². The summed E-state index contributed by atoms with van der Waals surface area (Å²) >= 11 is 5.98. The number of para-hydroxylation sites is 1. The van der Waals surface area contributed by atoms with Crippen molar-refractivity contribution in [1.29, 1.82) is 0 Å². The number of anilines is 1. The highest BCUT2D eigenvalue weighted by molar-refractivity contribution is 6.31. The number of hydrogen-bond acceptors (Lipinski definition) is 1. The number of fused-ring (bicyclic) bond motifs is 1. The van der Waals surface area contributed by atoms with E-state index in [4.69, 9.17) is 11.6 Å². The van der Waals surface area contributed by atoms with Crippen molar-refractivity contribution in [2.75, 3.05) is 5.32 Å². The zero-order chi connectivity index (χ0) is 15.7. The summed E-state index contributed by atoms with van der Waals surface area (Å²) in [6, 6.07) is 11.6. The van der Waals surface area contributed by atoms with E-state index in [1.54, 1.807) is 0 Å². The largest absolute Gasteiger partial charge is 0.361 e. The Bertz CT molecular complexity index is 831. The number of amides is 1. The lowest BCUT2D eigenvalue weighted by Gasteiger charge is -2.11. The van der Waals surface area contributed by atoms with E-state index in [9.17, 15) is 4.79 Å². The number of halogens is 1. The van der Waals surface area contributed by atoms with E-state index < -0.39 is 0 Å². The molecule has 0 aliphatic rings. The Balaban J connectivity index is 1.82. The van der Waals surface area contributed by atoms with Gasteiger partial charge in [0.05, 0.1) is 6.42 Å². The molecule has 0 bridgehead atoms. The molecular formula is C18H17ClN2O. The molecule has 3 rings (SSSR count). The molecular weight excluding hydrogens is 296 g/mol. The van der Waals surface area contributed by atoms with Crippen LogP contribution in [0, 0.1) is 13.8 Å². The number of H-pyrrole nitrogens is 1. The van der Waals surface area contributed by atoms with Gasteiger partial charge in [-0.25, -0.2) is 0 Å². The van der Waals surface area contributed by atoms with E-state index in [2.05, 4.69) is 10.3 Å². The number of nitrogens with one attached hydrogen (secondary N) is 2. The van der Waals surface area contributed by atoms with Crippen LogP contribution in [0.1, 0.15) is 16.7 Å². The number of aromatic amines is 1. The second-order valence-electron chi connectivity index (χ2n) is 5.50. The molecule has 0 radical (unpaired) electrons. The summed E-state index contributed by atoms with van der Waals surface area (Å²) in [6.07, 6.45) is 2.20. The number of aromatic nitrogens is 1. The van der Waals surface area contributed by atoms with Crippen LogP contribution in [-0.2, 0) is 11.2 Å². The van der Waals surface area contributed by atoms with Crippen molar-refractivity contribution in [3.8, 4) is 0 Å². The van der Waals surface area contributed by atoms with Crippen molar-refractivity contribution >= 4 is 34.1 Å². The van der Waals surface area contributed by atoms with Gasteiger partial charge >= 0.3 is 0 Å². The minimum Gasteiger partial charge on any atom is -0.361 e. The van der Waals surface area contributed by atoms with E-state index in [0.717, 1.165) is 33.3 Å². The van der Waals surface area contributed by atoms with Gasteiger partial charge in [0.25, 0.3) is 0 Å². The molecule has 0 aliphatic heterocycles. The molecule has 4 heteroatoms. The molecule has 112 valence electrons. The number of carbonyl (C=O) groups is 1. The Hall–Kier alpha value is -2.26. The van der Waals surface area contributed by atoms with Crippen molar-refractivity contribution < 1.29 is 4.79 Å². The van der Waals surface area contributed by atoms with E-state index >= 15 is 0 Å². The van der Waals surface area contributed by atoms with Gasteiger partial charge in [-0.1, -0.05) is 35.9 Å². The molecule has 0 unspecified atom stereocenters. The first-order chi connectivity index (χ1) is 10.5. The molecule has 0 saturated carbocycles. The third kappa shape index (κ3) is 2.85. The van der Waals surface area contributed by atoms with Gasteiger partial charge in [-0.2, -0.15) is 0 Å². The van der Waals surface area contributed by atoms with Gasteiger partial charge in [-0.15, -0.1) is 0 Å². The molecule has 1 aromatic heterocycles. The Labute approximate surface area is 134 Å². The average molecular weight is 313 g/mol. The molecule has 3 nitrogen and oxygen atoms in total. The summed E-state index contributed by atoms with van der Waals surface area (Å²) in [6.45, 7) is 3.99. The lowest BCUT2D eigenvalue weighted by atomic mass is 10.1. The number of carbonyl (C=O) groups excluding carboxylic acids is 1. The minimum absolute atomic E-state index is 0.0201. The highest BCUT2D eigenvalue weighted by atomic mass is 35.5. The van der Waals surface area contributed by atoms with Crippen LogP contribution >= 0.6 is 11.6 Å². The zero-order valence-electron chi connectivity index (χ0n) is 12.5. The van der Waals surface area contributed by atoms with Crippen molar-refractivity contribution in [3.63, 3.8) is 0 Å². The van der Waals surface area contributed by atoms with Gasteiger partial charge in [0.2, 0.25) is 5.91 Å². The average Bonchev–Trinajstić information content (AvgIpc) is 2.85. The number of hydrogen-bond donors (Lipinski definition) is 2. The van der Waals surface area contributed by atoms with Gasteiger partial charge in [-0.05, 0) is 42.7 Å². The van der Waals surface area contributed by atoms with Gasteiger partial charge in [0, 0.05) is 27.8 Å². The van der Waals surface area contributed by atoms with Gasteiger partial charge in [0.1, 0.15) is 0 Å². The van der Waals surface area contributed by atoms with Crippen LogP contribution in [0.5, 0.6) is 0 Å². The number of aryl methyl sites for hydroxylation is 2. The Morgan fingerprint density at radius 2 is 1.91 bits per heavy atom. The van der Waals surface area contributed by atoms with Crippen LogP contribution in [-0.4, -0.2) is 10.9 Å². The van der Waals surface area contributed by atoms with Crippen LogP contribution in [0.2, 0.25) is 5.02 Å². The molecule has 0 atom stereocenters. The van der Waals surface area contributed by atoms with Crippen molar-refractivity contribution in [1.82, 2.24) is 4.98 Å². The minimum atomic E-state index is -0.0201. The highest BCUT2D eigenvalue weighted by Gasteiger charge is 2.11. The first-order valence-corrected chi connectivity index (χ1v) is 7.54.